The fourth-order valence-corrected chi connectivity index (χ4v) is 3.05. The summed E-state index contributed by atoms with van der Waals surface area (Å²) in [5, 5.41) is 16.8. The molecule has 2 aromatic rings. The summed E-state index contributed by atoms with van der Waals surface area (Å²) in [6.45, 7) is 9.76. The van der Waals surface area contributed by atoms with Crippen LogP contribution in [-0.2, 0) is 12.0 Å². The Morgan fingerprint density at radius 3 is 2.62 bits per heavy atom. The Hall–Kier alpha value is -1.23. The first-order valence-corrected chi connectivity index (χ1v) is 8.15. The standard InChI is InChI=1S/C17H24N2OS/c1-12-7-5-6-8-14(12)15(20)10-18-9-13-11-21-16(19-13)17(2,3)4/h5-8,11,15,18,20H,9-10H2,1-4H3. The van der Waals surface area contributed by atoms with Crippen LogP contribution in [0.1, 0.15) is 48.7 Å². The molecular weight excluding hydrogens is 280 g/mol. The number of hydrogen-bond acceptors (Lipinski definition) is 4. The van der Waals surface area contributed by atoms with Crippen molar-refractivity contribution in [2.75, 3.05) is 6.54 Å². The Balaban J connectivity index is 1.87. The largest absolute Gasteiger partial charge is 0.387 e. The van der Waals surface area contributed by atoms with Gasteiger partial charge in [0.05, 0.1) is 16.8 Å². The summed E-state index contributed by atoms with van der Waals surface area (Å²) in [5.74, 6) is 0. The Kier molecular flexibility index (Phi) is 5.14. The molecule has 0 aliphatic rings. The average Bonchev–Trinajstić information content (AvgIpc) is 2.88. The summed E-state index contributed by atoms with van der Waals surface area (Å²) in [6, 6.07) is 7.95. The quantitative estimate of drug-likeness (QED) is 0.887. The van der Waals surface area contributed by atoms with Crippen molar-refractivity contribution in [2.24, 2.45) is 0 Å². The normalized spacial score (nSPS) is 13.4. The average molecular weight is 304 g/mol. The maximum Gasteiger partial charge on any atom is 0.0982 e. The lowest BCUT2D eigenvalue weighted by atomic mass is 9.98. The molecule has 1 aromatic heterocycles. The van der Waals surface area contributed by atoms with Crippen LogP contribution >= 0.6 is 11.3 Å². The molecule has 114 valence electrons. The van der Waals surface area contributed by atoms with Crippen molar-refractivity contribution in [1.82, 2.24) is 10.3 Å². The first kappa shape index (κ1) is 16.1. The van der Waals surface area contributed by atoms with Crippen molar-refractivity contribution < 1.29 is 5.11 Å². The van der Waals surface area contributed by atoms with Crippen LogP contribution in [0.3, 0.4) is 0 Å². The highest BCUT2D eigenvalue weighted by atomic mass is 32.1. The van der Waals surface area contributed by atoms with E-state index in [1.807, 2.05) is 31.2 Å². The van der Waals surface area contributed by atoms with Crippen LogP contribution in [0.5, 0.6) is 0 Å². The Bertz CT molecular complexity index is 586. The fourth-order valence-electron chi connectivity index (χ4n) is 2.14. The van der Waals surface area contributed by atoms with E-state index in [1.54, 1.807) is 11.3 Å². The highest BCUT2D eigenvalue weighted by Crippen LogP contribution is 2.25. The van der Waals surface area contributed by atoms with Crippen LogP contribution in [0.15, 0.2) is 29.6 Å². The molecule has 0 bridgehead atoms. The van der Waals surface area contributed by atoms with E-state index in [1.165, 1.54) is 0 Å². The van der Waals surface area contributed by atoms with Crippen LogP contribution in [-0.4, -0.2) is 16.6 Å². The minimum atomic E-state index is -0.480. The van der Waals surface area contributed by atoms with Crippen molar-refractivity contribution >= 4 is 11.3 Å². The lowest BCUT2D eigenvalue weighted by Gasteiger charge is -2.14. The third kappa shape index (κ3) is 4.37. The molecule has 1 atom stereocenters. The second-order valence-corrected chi connectivity index (χ2v) is 7.26. The number of thiazole rings is 1. The van der Waals surface area contributed by atoms with E-state index >= 15 is 0 Å². The van der Waals surface area contributed by atoms with Crippen LogP contribution < -0.4 is 5.32 Å². The number of benzene rings is 1. The maximum absolute atomic E-state index is 10.2. The third-order valence-electron chi connectivity index (χ3n) is 3.38. The number of aryl methyl sites for hydroxylation is 1. The molecule has 0 amide bonds. The summed E-state index contributed by atoms with van der Waals surface area (Å²) in [7, 11) is 0. The first-order chi connectivity index (χ1) is 9.88. The van der Waals surface area contributed by atoms with E-state index in [2.05, 4.69) is 36.5 Å². The monoisotopic (exact) mass is 304 g/mol. The van der Waals surface area contributed by atoms with E-state index in [-0.39, 0.29) is 5.41 Å². The minimum absolute atomic E-state index is 0.101. The Morgan fingerprint density at radius 1 is 1.29 bits per heavy atom. The van der Waals surface area contributed by atoms with Gasteiger partial charge in [0.1, 0.15) is 0 Å². The Morgan fingerprint density at radius 2 is 2.00 bits per heavy atom. The molecule has 0 aliphatic heterocycles. The van der Waals surface area contributed by atoms with Crippen LogP contribution in [0, 0.1) is 6.92 Å². The number of aliphatic hydroxyl groups excluding tert-OH is 1. The zero-order valence-electron chi connectivity index (χ0n) is 13.2. The molecule has 1 aromatic carbocycles. The lowest BCUT2D eigenvalue weighted by molar-refractivity contribution is 0.173. The van der Waals surface area contributed by atoms with Gasteiger partial charge in [-0.25, -0.2) is 4.98 Å². The second kappa shape index (κ2) is 6.69. The molecule has 2 N–H and O–H groups in total. The zero-order chi connectivity index (χ0) is 15.5. The molecule has 0 aliphatic carbocycles. The molecular formula is C17H24N2OS. The molecule has 0 spiro atoms. The molecule has 0 radical (unpaired) electrons. The second-order valence-electron chi connectivity index (χ2n) is 6.40. The molecule has 3 nitrogen and oxygen atoms in total. The van der Waals surface area contributed by atoms with E-state index in [0.29, 0.717) is 13.1 Å². The van der Waals surface area contributed by atoms with E-state index in [9.17, 15) is 5.11 Å². The van der Waals surface area contributed by atoms with Gasteiger partial charge in [0.25, 0.3) is 0 Å². The molecule has 21 heavy (non-hydrogen) atoms. The summed E-state index contributed by atoms with van der Waals surface area (Å²) >= 11 is 1.70. The molecule has 0 saturated heterocycles. The van der Waals surface area contributed by atoms with Crippen molar-refractivity contribution in [1.29, 1.82) is 0 Å². The minimum Gasteiger partial charge on any atom is -0.387 e. The van der Waals surface area contributed by atoms with Crippen LogP contribution in [0.4, 0.5) is 0 Å². The van der Waals surface area contributed by atoms with E-state index < -0.39 is 6.10 Å². The number of nitrogens with one attached hydrogen (secondary N) is 1. The van der Waals surface area contributed by atoms with Crippen molar-refractivity contribution in [3.8, 4) is 0 Å². The zero-order valence-corrected chi connectivity index (χ0v) is 14.0. The van der Waals surface area contributed by atoms with Crippen LogP contribution in [0.25, 0.3) is 0 Å². The van der Waals surface area contributed by atoms with Crippen molar-refractivity contribution in [3.05, 3.63) is 51.5 Å². The topological polar surface area (TPSA) is 45.1 Å². The number of aromatic nitrogens is 1. The van der Waals surface area contributed by atoms with Gasteiger partial charge in [-0.15, -0.1) is 11.3 Å². The molecule has 1 unspecified atom stereocenters. The number of nitrogens with zero attached hydrogens (tertiary/aromatic N) is 1. The van der Waals surface area contributed by atoms with Gasteiger partial charge in [0.2, 0.25) is 0 Å². The summed E-state index contributed by atoms with van der Waals surface area (Å²) < 4.78 is 0. The molecule has 0 fully saturated rings. The first-order valence-electron chi connectivity index (χ1n) is 7.27. The van der Waals surface area contributed by atoms with Crippen molar-refractivity contribution in [2.45, 2.75) is 45.8 Å². The summed E-state index contributed by atoms with van der Waals surface area (Å²) in [6.07, 6.45) is -0.480. The van der Waals surface area contributed by atoms with E-state index in [4.69, 9.17) is 0 Å². The van der Waals surface area contributed by atoms with Gasteiger partial charge in [-0.3, -0.25) is 0 Å². The lowest BCUT2D eigenvalue weighted by Crippen LogP contribution is -2.22. The van der Waals surface area contributed by atoms with Gasteiger partial charge in [0.15, 0.2) is 0 Å². The highest BCUT2D eigenvalue weighted by Gasteiger charge is 2.18. The van der Waals surface area contributed by atoms with Crippen molar-refractivity contribution in [3.63, 3.8) is 0 Å². The summed E-state index contributed by atoms with van der Waals surface area (Å²) in [4.78, 5) is 4.64. The van der Waals surface area contributed by atoms with Gasteiger partial charge in [-0.2, -0.15) is 0 Å². The molecule has 0 saturated carbocycles. The number of rotatable bonds is 5. The molecule has 2 rings (SSSR count). The number of aliphatic hydroxyl groups is 1. The predicted octanol–water partition coefficient (Wildman–Crippen LogP) is 3.57. The third-order valence-corrected chi connectivity index (χ3v) is 4.70. The van der Waals surface area contributed by atoms with Gasteiger partial charge >= 0.3 is 0 Å². The predicted molar refractivity (Wildman–Crippen MR) is 88.7 cm³/mol. The maximum atomic E-state index is 10.2. The SMILES string of the molecule is Cc1ccccc1C(O)CNCc1csc(C(C)(C)C)n1. The smallest absolute Gasteiger partial charge is 0.0982 e. The number of hydrogen-bond donors (Lipinski definition) is 2. The van der Waals surface area contributed by atoms with Crippen LogP contribution in [0.2, 0.25) is 0 Å². The van der Waals surface area contributed by atoms with Gasteiger partial charge in [-0.05, 0) is 18.1 Å². The molecule has 1 heterocycles. The van der Waals surface area contributed by atoms with Gasteiger partial charge in [0, 0.05) is 23.9 Å². The van der Waals surface area contributed by atoms with Gasteiger partial charge in [-0.1, -0.05) is 45.0 Å². The molecule has 4 heteroatoms. The van der Waals surface area contributed by atoms with E-state index in [0.717, 1.165) is 21.8 Å². The fraction of sp³-hybridized carbons (Fsp3) is 0.471. The van der Waals surface area contributed by atoms with Gasteiger partial charge < -0.3 is 10.4 Å². The highest BCUT2D eigenvalue weighted by molar-refractivity contribution is 7.09. The summed E-state index contributed by atoms with van der Waals surface area (Å²) in [5.41, 5.74) is 3.25. The Labute approximate surface area is 131 Å².